The van der Waals surface area contributed by atoms with Crippen LogP contribution in [0.3, 0.4) is 0 Å². The van der Waals surface area contributed by atoms with E-state index in [2.05, 4.69) is 4.98 Å². The molecule has 2 aromatic carbocycles. The summed E-state index contributed by atoms with van der Waals surface area (Å²) in [6.45, 7) is 1.90. The number of carbonyl (C=O) groups is 1. The number of nitrogens with zero attached hydrogens (tertiary/aromatic N) is 2. The van der Waals surface area contributed by atoms with Crippen LogP contribution in [-0.2, 0) is 6.42 Å². The van der Waals surface area contributed by atoms with E-state index >= 15 is 0 Å². The van der Waals surface area contributed by atoms with Crippen LogP contribution in [0.25, 0.3) is 11.1 Å². The van der Waals surface area contributed by atoms with Crippen molar-refractivity contribution >= 4 is 17.0 Å². The van der Waals surface area contributed by atoms with Gasteiger partial charge in [0.05, 0.1) is 20.3 Å². The number of methoxy groups -OCH3 is 2. The first kappa shape index (κ1) is 19.7. The summed E-state index contributed by atoms with van der Waals surface area (Å²) >= 11 is 0. The van der Waals surface area contributed by atoms with E-state index in [1.807, 2.05) is 18.2 Å². The van der Waals surface area contributed by atoms with Gasteiger partial charge in [-0.25, -0.2) is 4.98 Å². The molecule has 1 amide bonds. The molecule has 0 radical (unpaired) electrons. The van der Waals surface area contributed by atoms with Crippen LogP contribution < -0.4 is 9.47 Å². The fourth-order valence-corrected chi connectivity index (χ4v) is 3.05. The zero-order chi connectivity index (χ0) is 20.3. The van der Waals surface area contributed by atoms with Gasteiger partial charge in [-0.05, 0) is 42.8 Å². The molecule has 1 aromatic heterocycles. The van der Waals surface area contributed by atoms with Crippen LogP contribution in [0.2, 0.25) is 0 Å². The predicted molar refractivity (Wildman–Crippen MR) is 105 cm³/mol. The lowest BCUT2D eigenvalue weighted by Gasteiger charge is -2.18. The van der Waals surface area contributed by atoms with E-state index in [1.54, 1.807) is 46.4 Å². The number of rotatable bonds is 7. The van der Waals surface area contributed by atoms with Crippen molar-refractivity contribution in [3.8, 4) is 11.5 Å². The Bertz CT molecular complexity index is 980. The SMILES string of the molecule is COc1ccc(Cc2nc3ccc(C(=O)N(C)CC(C)O)cc3o2)cc1OC. The first-order valence-electron chi connectivity index (χ1n) is 8.95. The molecule has 7 nitrogen and oxygen atoms in total. The average molecular weight is 384 g/mol. The minimum atomic E-state index is -0.587. The van der Waals surface area contributed by atoms with Crippen LogP contribution in [0.15, 0.2) is 40.8 Å². The third-order valence-electron chi connectivity index (χ3n) is 4.37. The molecular formula is C21H24N2O5. The minimum Gasteiger partial charge on any atom is -0.493 e. The van der Waals surface area contributed by atoms with Gasteiger partial charge in [0.25, 0.3) is 5.91 Å². The van der Waals surface area contributed by atoms with Crippen LogP contribution in [0.5, 0.6) is 11.5 Å². The summed E-state index contributed by atoms with van der Waals surface area (Å²) < 4.78 is 16.4. The molecule has 0 saturated carbocycles. The van der Waals surface area contributed by atoms with Crippen molar-refractivity contribution in [1.82, 2.24) is 9.88 Å². The number of aromatic nitrogens is 1. The van der Waals surface area contributed by atoms with Crippen LogP contribution >= 0.6 is 0 Å². The van der Waals surface area contributed by atoms with E-state index in [-0.39, 0.29) is 12.5 Å². The molecule has 0 spiro atoms. The molecule has 0 bridgehead atoms. The maximum Gasteiger partial charge on any atom is 0.253 e. The standard InChI is InChI=1S/C21H24N2O5/c1-13(24)12-23(2)21(25)15-6-7-16-18(11-15)28-20(22-16)10-14-5-8-17(26-3)19(9-14)27-4/h5-9,11,13,24H,10,12H2,1-4H3. The highest BCUT2D eigenvalue weighted by atomic mass is 16.5. The van der Waals surface area contributed by atoms with Gasteiger partial charge >= 0.3 is 0 Å². The van der Waals surface area contributed by atoms with Gasteiger partial charge in [-0.2, -0.15) is 0 Å². The molecule has 0 aliphatic rings. The first-order chi connectivity index (χ1) is 13.4. The predicted octanol–water partition coefficient (Wildman–Crippen LogP) is 2.89. The van der Waals surface area contributed by atoms with Crippen molar-refractivity contribution in [3.05, 3.63) is 53.4 Å². The highest BCUT2D eigenvalue weighted by Crippen LogP contribution is 2.29. The summed E-state index contributed by atoms with van der Waals surface area (Å²) in [6.07, 6.45) is -0.101. The number of oxazole rings is 1. The first-order valence-corrected chi connectivity index (χ1v) is 8.95. The number of likely N-dealkylation sites (N-methyl/N-ethyl adjacent to an activating group) is 1. The Morgan fingerprint density at radius 1 is 1.18 bits per heavy atom. The van der Waals surface area contributed by atoms with Gasteiger partial charge < -0.3 is 23.9 Å². The topological polar surface area (TPSA) is 85.0 Å². The van der Waals surface area contributed by atoms with Crippen LogP contribution in [0.4, 0.5) is 0 Å². The van der Waals surface area contributed by atoms with Gasteiger partial charge in [0.2, 0.25) is 0 Å². The normalized spacial score (nSPS) is 12.0. The molecule has 1 heterocycles. The molecule has 1 unspecified atom stereocenters. The Kier molecular flexibility index (Phi) is 5.84. The van der Waals surface area contributed by atoms with Crippen LogP contribution in [-0.4, -0.2) is 54.8 Å². The number of fused-ring (bicyclic) bond motifs is 1. The summed E-state index contributed by atoms with van der Waals surface area (Å²) in [5, 5.41) is 9.46. The van der Waals surface area contributed by atoms with Crippen molar-refractivity contribution < 1.29 is 23.8 Å². The van der Waals surface area contributed by atoms with Gasteiger partial charge in [-0.1, -0.05) is 6.07 Å². The van der Waals surface area contributed by atoms with E-state index < -0.39 is 6.10 Å². The Balaban J connectivity index is 1.82. The molecule has 0 fully saturated rings. The van der Waals surface area contributed by atoms with Gasteiger partial charge in [0, 0.05) is 25.6 Å². The molecule has 1 N–H and O–H groups in total. The molecule has 3 rings (SSSR count). The molecule has 0 aliphatic heterocycles. The summed E-state index contributed by atoms with van der Waals surface area (Å²) in [5.74, 6) is 1.67. The number of carbonyl (C=O) groups excluding carboxylic acids is 1. The number of hydrogen-bond donors (Lipinski definition) is 1. The molecule has 0 aliphatic carbocycles. The molecular weight excluding hydrogens is 360 g/mol. The monoisotopic (exact) mass is 384 g/mol. The van der Waals surface area contributed by atoms with Crippen molar-refractivity contribution in [2.75, 3.05) is 27.8 Å². The van der Waals surface area contributed by atoms with Gasteiger partial charge in [-0.3, -0.25) is 4.79 Å². The molecule has 7 heteroatoms. The quantitative estimate of drug-likeness (QED) is 0.674. The third-order valence-corrected chi connectivity index (χ3v) is 4.37. The second kappa shape index (κ2) is 8.31. The Morgan fingerprint density at radius 3 is 2.61 bits per heavy atom. The number of aliphatic hydroxyl groups excluding tert-OH is 1. The molecule has 0 saturated heterocycles. The van der Waals surface area contributed by atoms with Crippen LogP contribution in [0.1, 0.15) is 28.7 Å². The van der Waals surface area contributed by atoms with E-state index in [0.29, 0.717) is 40.5 Å². The fraction of sp³-hybridized carbons (Fsp3) is 0.333. The average Bonchev–Trinajstić information content (AvgIpc) is 3.07. The van der Waals surface area contributed by atoms with E-state index in [1.165, 1.54) is 4.90 Å². The highest BCUT2D eigenvalue weighted by molar-refractivity contribution is 5.96. The van der Waals surface area contributed by atoms with Gasteiger partial charge in [0.15, 0.2) is 23.0 Å². The second-order valence-electron chi connectivity index (χ2n) is 6.69. The highest BCUT2D eigenvalue weighted by Gasteiger charge is 2.16. The maximum atomic E-state index is 12.5. The lowest BCUT2D eigenvalue weighted by atomic mass is 10.1. The lowest BCUT2D eigenvalue weighted by Crippen LogP contribution is -2.32. The second-order valence-corrected chi connectivity index (χ2v) is 6.69. The zero-order valence-electron chi connectivity index (χ0n) is 16.4. The largest absolute Gasteiger partial charge is 0.493 e. The van der Waals surface area contributed by atoms with E-state index in [9.17, 15) is 9.90 Å². The van der Waals surface area contributed by atoms with Crippen molar-refractivity contribution in [1.29, 1.82) is 0 Å². The van der Waals surface area contributed by atoms with Gasteiger partial charge in [0.1, 0.15) is 5.52 Å². The number of aliphatic hydroxyl groups is 1. The molecule has 1 atom stereocenters. The Labute approximate surface area is 163 Å². The molecule has 148 valence electrons. The lowest BCUT2D eigenvalue weighted by molar-refractivity contribution is 0.0704. The third kappa shape index (κ3) is 4.26. The number of hydrogen-bond acceptors (Lipinski definition) is 6. The number of benzene rings is 2. The minimum absolute atomic E-state index is 0.180. The summed E-state index contributed by atoms with van der Waals surface area (Å²) in [4.78, 5) is 18.5. The summed E-state index contributed by atoms with van der Waals surface area (Å²) in [5.41, 5.74) is 2.69. The number of ether oxygens (including phenoxy) is 2. The Hall–Kier alpha value is -3.06. The maximum absolute atomic E-state index is 12.5. The summed E-state index contributed by atoms with van der Waals surface area (Å²) in [6, 6.07) is 10.8. The summed E-state index contributed by atoms with van der Waals surface area (Å²) in [7, 11) is 4.84. The fourth-order valence-electron chi connectivity index (χ4n) is 3.05. The Morgan fingerprint density at radius 2 is 1.93 bits per heavy atom. The number of amides is 1. The zero-order valence-corrected chi connectivity index (χ0v) is 16.4. The smallest absolute Gasteiger partial charge is 0.253 e. The van der Waals surface area contributed by atoms with Crippen LogP contribution in [0, 0.1) is 0 Å². The molecule has 28 heavy (non-hydrogen) atoms. The van der Waals surface area contributed by atoms with E-state index in [0.717, 1.165) is 5.56 Å². The van der Waals surface area contributed by atoms with Crippen molar-refractivity contribution in [2.45, 2.75) is 19.4 Å². The molecule has 3 aromatic rings. The van der Waals surface area contributed by atoms with E-state index in [4.69, 9.17) is 13.9 Å². The van der Waals surface area contributed by atoms with Crippen molar-refractivity contribution in [3.63, 3.8) is 0 Å². The van der Waals surface area contributed by atoms with Crippen molar-refractivity contribution in [2.24, 2.45) is 0 Å². The van der Waals surface area contributed by atoms with Gasteiger partial charge in [-0.15, -0.1) is 0 Å².